The molecule has 2 heterocycles. The summed E-state index contributed by atoms with van der Waals surface area (Å²) in [5, 5.41) is 3.38. The lowest BCUT2D eigenvalue weighted by molar-refractivity contribution is 0.742. The molecule has 0 atom stereocenters. The Labute approximate surface area is 131 Å². The minimum absolute atomic E-state index is 0.143. The molecule has 1 N–H and O–H groups in total. The van der Waals surface area contributed by atoms with E-state index in [1.807, 2.05) is 36.6 Å². The highest BCUT2D eigenvalue weighted by atomic mass is 15.2. The standard InChI is InChI=1S/C17H21N5/c1-4-14-20-16(18-11-13-9-7-6-8-10-13)15-17(21-14)22(5-2)12(3)19-15/h6-10H,4-5,11H2,1-3H3,(H,18,20,21)/i3D. The first-order valence-electron chi connectivity index (χ1n) is 8.30. The van der Waals surface area contributed by atoms with Crippen molar-refractivity contribution in [3.8, 4) is 0 Å². The molecule has 0 amide bonds. The molecule has 0 aliphatic rings. The van der Waals surface area contributed by atoms with E-state index in [2.05, 4.69) is 32.4 Å². The minimum atomic E-state index is 0.143. The van der Waals surface area contributed by atoms with Gasteiger partial charge in [-0.2, -0.15) is 0 Å². The number of rotatable bonds is 5. The number of imidazole rings is 1. The smallest absolute Gasteiger partial charge is 0.165 e. The van der Waals surface area contributed by atoms with Gasteiger partial charge < -0.3 is 9.88 Å². The van der Waals surface area contributed by atoms with Gasteiger partial charge in [-0.3, -0.25) is 0 Å². The Hall–Kier alpha value is -2.43. The first-order valence-corrected chi connectivity index (χ1v) is 7.59. The van der Waals surface area contributed by atoms with Gasteiger partial charge in [0.25, 0.3) is 0 Å². The van der Waals surface area contributed by atoms with Gasteiger partial charge >= 0.3 is 0 Å². The molecule has 0 saturated carbocycles. The van der Waals surface area contributed by atoms with Crippen molar-refractivity contribution in [1.82, 2.24) is 19.5 Å². The van der Waals surface area contributed by atoms with Gasteiger partial charge in [-0.15, -0.1) is 0 Å². The fourth-order valence-electron chi connectivity index (χ4n) is 2.49. The maximum atomic E-state index is 7.67. The quantitative estimate of drug-likeness (QED) is 0.784. The van der Waals surface area contributed by atoms with Crippen LogP contribution in [0.25, 0.3) is 11.2 Å². The van der Waals surface area contributed by atoms with Crippen LogP contribution >= 0.6 is 0 Å². The molecule has 3 aromatic rings. The summed E-state index contributed by atoms with van der Waals surface area (Å²) in [6.07, 6.45) is 0.765. The molecule has 114 valence electrons. The second kappa shape index (κ2) is 6.13. The molecule has 0 bridgehead atoms. The lowest BCUT2D eigenvalue weighted by Crippen LogP contribution is -2.06. The van der Waals surface area contributed by atoms with Crippen molar-refractivity contribution in [3.05, 3.63) is 47.5 Å². The van der Waals surface area contributed by atoms with Gasteiger partial charge in [0, 0.05) is 20.9 Å². The summed E-state index contributed by atoms with van der Waals surface area (Å²) in [6.45, 7) is 5.67. The minimum Gasteiger partial charge on any atom is -0.364 e. The predicted molar refractivity (Wildman–Crippen MR) is 88.9 cm³/mol. The molecular formula is C17H21N5. The van der Waals surface area contributed by atoms with Crippen LogP contribution in [-0.4, -0.2) is 19.5 Å². The fraction of sp³-hybridized carbons (Fsp3) is 0.353. The Bertz CT molecular complexity index is 798. The highest BCUT2D eigenvalue weighted by Crippen LogP contribution is 2.22. The molecule has 5 nitrogen and oxygen atoms in total. The summed E-state index contributed by atoms with van der Waals surface area (Å²) in [7, 11) is 0. The van der Waals surface area contributed by atoms with Crippen LogP contribution in [0.4, 0.5) is 5.82 Å². The molecular weight excluding hydrogens is 274 g/mol. The molecule has 0 fully saturated rings. The Morgan fingerprint density at radius 3 is 2.64 bits per heavy atom. The summed E-state index contributed by atoms with van der Waals surface area (Å²) in [5.41, 5.74) is 2.76. The third-order valence-electron chi connectivity index (χ3n) is 3.66. The topological polar surface area (TPSA) is 55.6 Å². The third kappa shape index (κ3) is 2.66. The van der Waals surface area contributed by atoms with E-state index in [1.165, 1.54) is 5.56 Å². The highest BCUT2D eigenvalue weighted by Gasteiger charge is 2.14. The summed E-state index contributed by atoms with van der Waals surface area (Å²) >= 11 is 0. The number of anilines is 1. The van der Waals surface area contributed by atoms with Crippen LogP contribution in [0.15, 0.2) is 30.3 Å². The van der Waals surface area contributed by atoms with E-state index in [1.54, 1.807) is 0 Å². The average Bonchev–Trinajstić information content (AvgIpc) is 2.98. The van der Waals surface area contributed by atoms with Crippen molar-refractivity contribution < 1.29 is 1.37 Å². The lowest BCUT2D eigenvalue weighted by Gasteiger charge is -2.08. The predicted octanol–water partition coefficient (Wildman–Crippen LogP) is 3.33. The number of nitrogens with zero attached hydrogens (tertiary/aromatic N) is 4. The molecule has 3 rings (SSSR count). The van der Waals surface area contributed by atoms with E-state index in [0.717, 1.165) is 41.6 Å². The Kier molecular flexibility index (Phi) is 3.69. The van der Waals surface area contributed by atoms with Crippen LogP contribution in [0.5, 0.6) is 0 Å². The summed E-state index contributed by atoms with van der Waals surface area (Å²) in [4.78, 5) is 13.8. The van der Waals surface area contributed by atoms with Gasteiger partial charge in [-0.25, -0.2) is 15.0 Å². The van der Waals surface area contributed by atoms with Crippen LogP contribution in [0.3, 0.4) is 0 Å². The van der Waals surface area contributed by atoms with E-state index < -0.39 is 0 Å². The van der Waals surface area contributed by atoms with Crippen LogP contribution < -0.4 is 5.32 Å². The first kappa shape index (κ1) is 13.2. The number of hydrogen-bond donors (Lipinski definition) is 1. The Morgan fingerprint density at radius 2 is 1.95 bits per heavy atom. The molecule has 0 aliphatic carbocycles. The molecule has 1 aromatic carbocycles. The molecule has 0 unspecified atom stereocenters. The van der Waals surface area contributed by atoms with E-state index in [9.17, 15) is 0 Å². The van der Waals surface area contributed by atoms with E-state index >= 15 is 0 Å². The first-order chi connectivity index (χ1) is 11.3. The van der Waals surface area contributed by atoms with Crippen LogP contribution in [0, 0.1) is 6.90 Å². The number of fused-ring (bicyclic) bond motifs is 1. The second-order valence-electron chi connectivity index (χ2n) is 5.13. The largest absolute Gasteiger partial charge is 0.364 e. The van der Waals surface area contributed by atoms with E-state index in [0.29, 0.717) is 6.54 Å². The van der Waals surface area contributed by atoms with Crippen molar-refractivity contribution in [1.29, 1.82) is 0 Å². The van der Waals surface area contributed by atoms with E-state index in [4.69, 9.17) is 1.37 Å². The van der Waals surface area contributed by atoms with E-state index in [-0.39, 0.29) is 6.90 Å². The number of nitrogens with one attached hydrogen (secondary N) is 1. The zero-order valence-electron chi connectivity index (χ0n) is 14.0. The molecule has 0 radical (unpaired) electrons. The normalized spacial score (nSPS) is 11.6. The Morgan fingerprint density at radius 1 is 1.14 bits per heavy atom. The lowest BCUT2D eigenvalue weighted by atomic mass is 10.2. The number of aryl methyl sites for hydroxylation is 3. The van der Waals surface area contributed by atoms with Gasteiger partial charge in [0.2, 0.25) is 0 Å². The summed E-state index contributed by atoms with van der Waals surface area (Å²) in [6, 6.07) is 10.2. The summed E-state index contributed by atoms with van der Waals surface area (Å²) in [5.74, 6) is 2.27. The maximum absolute atomic E-state index is 7.67. The maximum Gasteiger partial charge on any atom is 0.165 e. The van der Waals surface area contributed by atoms with Crippen LogP contribution in [0.2, 0.25) is 0 Å². The molecule has 0 aliphatic heterocycles. The molecule has 5 heteroatoms. The van der Waals surface area contributed by atoms with Gasteiger partial charge in [0.05, 0.1) is 0 Å². The van der Waals surface area contributed by atoms with Crippen LogP contribution in [-0.2, 0) is 19.5 Å². The third-order valence-corrected chi connectivity index (χ3v) is 3.66. The number of aromatic nitrogens is 4. The van der Waals surface area contributed by atoms with Gasteiger partial charge in [0.15, 0.2) is 17.0 Å². The zero-order valence-corrected chi connectivity index (χ0v) is 13.0. The van der Waals surface area contributed by atoms with Crippen LogP contribution in [0.1, 0.15) is 32.4 Å². The zero-order chi connectivity index (χ0) is 16.2. The van der Waals surface area contributed by atoms with Crippen molar-refractivity contribution in [3.63, 3.8) is 0 Å². The molecule has 0 spiro atoms. The van der Waals surface area contributed by atoms with Crippen molar-refractivity contribution in [2.75, 3.05) is 5.32 Å². The highest BCUT2D eigenvalue weighted by molar-refractivity contribution is 5.83. The summed E-state index contributed by atoms with van der Waals surface area (Å²) < 4.78 is 9.67. The number of benzene rings is 1. The Balaban J connectivity index is 2.02. The number of hydrogen-bond acceptors (Lipinski definition) is 4. The second-order valence-corrected chi connectivity index (χ2v) is 5.13. The SMILES string of the molecule is [2H]Cc1nc2c(NCc3ccccc3)nc(CC)nc2n1CC. The van der Waals surface area contributed by atoms with Gasteiger partial charge in [-0.1, -0.05) is 37.3 Å². The van der Waals surface area contributed by atoms with Crippen molar-refractivity contribution >= 4 is 17.0 Å². The molecule has 0 saturated heterocycles. The van der Waals surface area contributed by atoms with Gasteiger partial charge in [0.1, 0.15) is 11.6 Å². The average molecular weight is 296 g/mol. The fourth-order valence-corrected chi connectivity index (χ4v) is 2.49. The monoisotopic (exact) mass is 296 g/mol. The van der Waals surface area contributed by atoms with Gasteiger partial charge in [-0.05, 0) is 19.4 Å². The van der Waals surface area contributed by atoms with Crippen molar-refractivity contribution in [2.45, 2.75) is 40.3 Å². The molecule has 2 aromatic heterocycles. The van der Waals surface area contributed by atoms with Crippen molar-refractivity contribution in [2.24, 2.45) is 0 Å². The molecule has 22 heavy (non-hydrogen) atoms.